The second kappa shape index (κ2) is 7.20. The first-order chi connectivity index (χ1) is 14.6. The number of hydrogen-bond acceptors (Lipinski definition) is 6. The van der Waals surface area contributed by atoms with Crippen LogP contribution in [0, 0.1) is 17.5 Å². The zero-order chi connectivity index (χ0) is 22.6. The average Bonchev–Trinajstić information content (AvgIpc) is 3.13. The number of hydrogen-bond donors (Lipinski definition) is 4. The molecule has 4 rings (SSSR count). The number of fused-ring (bicyclic) bond motifs is 1. The smallest absolute Gasteiger partial charge is 0.341 e. The van der Waals surface area contributed by atoms with Gasteiger partial charge in [-0.05, 0) is 18.6 Å². The highest BCUT2D eigenvalue weighted by atomic mass is 19.1. The number of nitrogens with zero attached hydrogens (tertiary/aromatic N) is 2. The first-order valence-electron chi connectivity index (χ1n) is 9.19. The van der Waals surface area contributed by atoms with Gasteiger partial charge in [-0.3, -0.25) is 4.79 Å². The summed E-state index contributed by atoms with van der Waals surface area (Å²) in [6.07, 6.45) is 1.38. The Bertz CT molecular complexity index is 1310. The van der Waals surface area contributed by atoms with Crippen molar-refractivity contribution < 1.29 is 28.2 Å². The molecule has 1 aliphatic heterocycles. The van der Waals surface area contributed by atoms with Crippen molar-refractivity contribution in [3.8, 4) is 11.4 Å². The SMILES string of the molecule is Nc1cc(-n2cc(C(=O)O)c(=O)c3c(O)c(F)c(N4CCC(N)C4)cc32)c(F)cc1F. The topological polar surface area (TPSA) is 135 Å². The number of carboxylic acid groups (broad SMARTS) is 1. The van der Waals surface area contributed by atoms with Gasteiger partial charge in [0.1, 0.15) is 17.2 Å². The van der Waals surface area contributed by atoms with Gasteiger partial charge in [-0.25, -0.2) is 18.0 Å². The highest BCUT2D eigenvalue weighted by Gasteiger charge is 2.28. The molecule has 0 radical (unpaired) electrons. The molecule has 0 saturated carbocycles. The fourth-order valence-corrected chi connectivity index (χ4v) is 3.75. The fourth-order valence-electron chi connectivity index (χ4n) is 3.75. The molecule has 31 heavy (non-hydrogen) atoms. The summed E-state index contributed by atoms with van der Waals surface area (Å²) >= 11 is 0. The molecular formula is C20H17F3N4O4. The summed E-state index contributed by atoms with van der Waals surface area (Å²) < 4.78 is 44.2. The highest BCUT2D eigenvalue weighted by molar-refractivity contribution is 5.97. The molecule has 11 heteroatoms. The van der Waals surface area contributed by atoms with Gasteiger partial charge in [0.05, 0.1) is 28.0 Å². The number of benzene rings is 2. The Balaban J connectivity index is 2.13. The molecule has 1 aromatic heterocycles. The zero-order valence-corrected chi connectivity index (χ0v) is 15.9. The Kier molecular flexibility index (Phi) is 4.77. The third kappa shape index (κ3) is 3.22. The van der Waals surface area contributed by atoms with Crippen LogP contribution in [0.4, 0.5) is 24.5 Å². The molecule has 1 saturated heterocycles. The summed E-state index contributed by atoms with van der Waals surface area (Å²) in [6.45, 7) is 0.648. The van der Waals surface area contributed by atoms with E-state index in [0.717, 1.165) is 16.8 Å². The normalized spacial score (nSPS) is 16.3. The van der Waals surface area contributed by atoms with Crippen LogP contribution in [0.15, 0.2) is 29.2 Å². The molecule has 2 heterocycles. The molecule has 1 atom stereocenters. The van der Waals surface area contributed by atoms with Crippen molar-refractivity contribution in [1.29, 1.82) is 0 Å². The van der Waals surface area contributed by atoms with Crippen molar-refractivity contribution in [3.05, 3.63) is 57.6 Å². The van der Waals surface area contributed by atoms with Crippen molar-refractivity contribution in [2.75, 3.05) is 23.7 Å². The van der Waals surface area contributed by atoms with Crippen LogP contribution in [0.25, 0.3) is 16.6 Å². The number of carboxylic acids is 1. The molecule has 0 aliphatic carbocycles. The number of nitrogen functional groups attached to an aromatic ring is 1. The van der Waals surface area contributed by atoms with Crippen LogP contribution >= 0.6 is 0 Å². The Hall–Kier alpha value is -3.73. The van der Waals surface area contributed by atoms with E-state index in [-0.39, 0.29) is 29.5 Å². The molecule has 3 aromatic rings. The van der Waals surface area contributed by atoms with E-state index in [4.69, 9.17) is 11.5 Å². The summed E-state index contributed by atoms with van der Waals surface area (Å²) in [4.78, 5) is 25.8. The van der Waals surface area contributed by atoms with Crippen LogP contribution < -0.4 is 21.8 Å². The van der Waals surface area contributed by atoms with Gasteiger partial charge in [0.2, 0.25) is 5.43 Å². The number of phenolic OH excluding ortho intramolecular Hbond substituents is 1. The van der Waals surface area contributed by atoms with Crippen LogP contribution in [0.3, 0.4) is 0 Å². The summed E-state index contributed by atoms with van der Waals surface area (Å²) in [5.74, 6) is -6.03. The first kappa shape index (κ1) is 20.5. The van der Waals surface area contributed by atoms with Crippen LogP contribution in [-0.4, -0.2) is 39.9 Å². The average molecular weight is 434 g/mol. The van der Waals surface area contributed by atoms with E-state index in [1.54, 1.807) is 4.90 Å². The first-order valence-corrected chi connectivity index (χ1v) is 9.19. The van der Waals surface area contributed by atoms with E-state index in [9.17, 15) is 33.0 Å². The summed E-state index contributed by atoms with van der Waals surface area (Å²) in [7, 11) is 0. The van der Waals surface area contributed by atoms with Crippen LogP contribution in [0.2, 0.25) is 0 Å². The van der Waals surface area contributed by atoms with Crippen molar-refractivity contribution in [3.63, 3.8) is 0 Å². The minimum Gasteiger partial charge on any atom is -0.504 e. The number of phenols is 1. The van der Waals surface area contributed by atoms with Gasteiger partial charge >= 0.3 is 5.97 Å². The lowest BCUT2D eigenvalue weighted by molar-refractivity contribution is 0.0695. The number of halogens is 3. The van der Waals surface area contributed by atoms with Gasteiger partial charge in [0.25, 0.3) is 0 Å². The van der Waals surface area contributed by atoms with Crippen LogP contribution in [0.1, 0.15) is 16.8 Å². The largest absolute Gasteiger partial charge is 0.504 e. The van der Waals surface area contributed by atoms with Crippen LogP contribution in [0.5, 0.6) is 5.75 Å². The van der Waals surface area contributed by atoms with Gasteiger partial charge in [-0.15, -0.1) is 0 Å². The lowest BCUT2D eigenvalue weighted by atomic mass is 10.1. The quantitative estimate of drug-likeness (QED) is 0.463. The van der Waals surface area contributed by atoms with Gasteiger partial charge in [-0.1, -0.05) is 0 Å². The second-order valence-electron chi connectivity index (χ2n) is 7.32. The van der Waals surface area contributed by atoms with E-state index in [1.807, 2.05) is 0 Å². The number of carbonyl (C=O) groups is 1. The standard InChI is InChI=1S/C20H17F3N4O4/c21-10-3-11(22)13(4-12(10)25)27-7-9(20(30)31)18(28)16-14(27)5-15(17(23)19(16)29)26-2-1-8(24)6-26/h3-5,7-8,29H,1-2,6,24-25H2,(H,30,31). The van der Waals surface area contributed by atoms with Crippen molar-refractivity contribution in [1.82, 2.24) is 4.57 Å². The Labute approximate surface area is 172 Å². The van der Waals surface area contributed by atoms with E-state index in [1.165, 1.54) is 6.07 Å². The molecule has 8 nitrogen and oxygen atoms in total. The summed E-state index contributed by atoms with van der Waals surface area (Å²) in [6, 6.07) is 2.36. The summed E-state index contributed by atoms with van der Waals surface area (Å²) in [5, 5.41) is 19.2. The lowest BCUT2D eigenvalue weighted by Crippen LogP contribution is -2.27. The van der Waals surface area contributed by atoms with E-state index in [0.29, 0.717) is 19.0 Å². The Morgan fingerprint density at radius 3 is 2.45 bits per heavy atom. The molecule has 6 N–H and O–H groups in total. The van der Waals surface area contributed by atoms with Crippen molar-refractivity contribution >= 4 is 28.2 Å². The Morgan fingerprint density at radius 2 is 1.84 bits per heavy atom. The molecule has 0 amide bonds. The fraction of sp³-hybridized carbons (Fsp3) is 0.200. The number of anilines is 2. The monoisotopic (exact) mass is 434 g/mol. The van der Waals surface area contributed by atoms with E-state index >= 15 is 0 Å². The predicted octanol–water partition coefficient (Wildman–Crippen LogP) is 1.93. The molecule has 1 aliphatic rings. The van der Waals surface area contributed by atoms with Crippen molar-refractivity contribution in [2.24, 2.45) is 5.73 Å². The predicted molar refractivity (Wildman–Crippen MR) is 107 cm³/mol. The van der Waals surface area contributed by atoms with Gasteiger partial charge in [0, 0.05) is 31.4 Å². The van der Waals surface area contributed by atoms with Crippen molar-refractivity contribution in [2.45, 2.75) is 12.5 Å². The molecule has 0 bridgehead atoms. The maximum atomic E-state index is 15.0. The molecule has 162 valence electrons. The molecule has 1 unspecified atom stereocenters. The van der Waals surface area contributed by atoms with E-state index < -0.39 is 51.2 Å². The number of pyridine rings is 1. The number of aromatic carboxylic acids is 1. The number of aromatic hydroxyl groups is 1. The maximum Gasteiger partial charge on any atom is 0.341 e. The molecule has 1 fully saturated rings. The van der Waals surface area contributed by atoms with E-state index in [2.05, 4.69) is 0 Å². The number of nitrogens with two attached hydrogens (primary N) is 2. The number of rotatable bonds is 3. The molecule has 0 spiro atoms. The maximum absolute atomic E-state index is 15.0. The molecular weight excluding hydrogens is 417 g/mol. The van der Waals surface area contributed by atoms with Crippen LogP contribution in [-0.2, 0) is 0 Å². The highest BCUT2D eigenvalue weighted by Crippen LogP contribution is 2.36. The molecule has 2 aromatic carbocycles. The van der Waals surface area contributed by atoms with Gasteiger partial charge < -0.3 is 31.1 Å². The minimum atomic E-state index is -1.68. The third-order valence-corrected chi connectivity index (χ3v) is 5.31. The Morgan fingerprint density at radius 1 is 1.13 bits per heavy atom. The summed E-state index contributed by atoms with van der Waals surface area (Å²) in [5.41, 5.74) is 8.30. The second-order valence-corrected chi connectivity index (χ2v) is 7.32. The van der Waals surface area contributed by atoms with Gasteiger partial charge in [0.15, 0.2) is 11.6 Å². The third-order valence-electron chi connectivity index (χ3n) is 5.31. The zero-order valence-electron chi connectivity index (χ0n) is 15.9. The number of aromatic nitrogens is 1. The minimum absolute atomic E-state index is 0.0929. The lowest BCUT2D eigenvalue weighted by Gasteiger charge is -2.22. The van der Waals surface area contributed by atoms with Gasteiger partial charge in [-0.2, -0.15) is 0 Å².